The fraction of sp³-hybridized carbons (Fsp3) is 0.500. The molecule has 1 aliphatic heterocycles. The third kappa shape index (κ3) is 3.06. The summed E-state index contributed by atoms with van der Waals surface area (Å²) in [4.78, 5) is 0. The molecule has 0 radical (unpaired) electrons. The van der Waals surface area contributed by atoms with E-state index in [0.717, 1.165) is 48.2 Å². The fourth-order valence-corrected chi connectivity index (χ4v) is 2.81. The number of fused-ring (bicyclic) bond motifs is 1. The van der Waals surface area contributed by atoms with Crippen molar-refractivity contribution in [2.75, 3.05) is 14.2 Å². The first-order valence-corrected chi connectivity index (χ1v) is 7.64. The molecule has 0 unspecified atom stereocenters. The Labute approximate surface area is 130 Å². The van der Waals surface area contributed by atoms with Crippen molar-refractivity contribution in [1.29, 1.82) is 0 Å². The minimum absolute atomic E-state index is 0.710. The highest BCUT2D eigenvalue weighted by Gasteiger charge is 2.15. The molecular formula is C16H22N4O2. The second kappa shape index (κ2) is 6.79. The highest BCUT2D eigenvalue weighted by Crippen LogP contribution is 2.24. The Morgan fingerprint density at radius 1 is 1.14 bits per heavy atom. The monoisotopic (exact) mass is 302 g/mol. The molecule has 0 fully saturated rings. The summed E-state index contributed by atoms with van der Waals surface area (Å²) in [7, 11) is 3.33. The zero-order chi connectivity index (χ0) is 15.4. The maximum atomic E-state index is 5.41. The van der Waals surface area contributed by atoms with E-state index in [2.05, 4.69) is 20.1 Å². The van der Waals surface area contributed by atoms with Gasteiger partial charge >= 0.3 is 0 Å². The van der Waals surface area contributed by atoms with Gasteiger partial charge in [-0.05, 0) is 18.9 Å². The molecule has 0 amide bonds. The lowest BCUT2D eigenvalue weighted by atomic mass is 10.1. The van der Waals surface area contributed by atoms with Crippen LogP contribution in [0.2, 0.25) is 0 Å². The maximum Gasteiger partial charge on any atom is 0.147 e. The van der Waals surface area contributed by atoms with Crippen LogP contribution in [-0.4, -0.2) is 29.0 Å². The van der Waals surface area contributed by atoms with Crippen LogP contribution in [0.3, 0.4) is 0 Å². The molecule has 0 spiro atoms. The van der Waals surface area contributed by atoms with Gasteiger partial charge in [-0.3, -0.25) is 0 Å². The summed E-state index contributed by atoms with van der Waals surface area (Å²) < 4.78 is 12.9. The smallest absolute Gasteiger partial charge is 0.147 e. The minimum atomic E-state index is 0.710. The van der Waals surface area contributed by atoms with Crippen LogP contribution in [0.1, 0.15) is 30.1 Å². The molecule has 0 aliphatic carbocycles. The molecule has 0 saturated carbocycles. The Balaban J connectivity index is 1.62. The molecule has 2 aromatic rings. The summed E-state index contributed by atoms with van der Waals surface area (Å²) in [5, 5.41) is 12.0. The molecule has 22 heavy (non-hydrogen) atoms. The second-order valence-corrected chi connectivity index (χ2v) is 5.42. The Kier molecular flexibility index (Phi) is 4.58. The van der Waals surface area contributed by atoms with Gasteiger partial charge in [0.15, 0.2) is 0 Å². The zero-order valence-corrected chi connectivity index (χ0v) is 13.1. The summed E-state index contributed by atoms with van der Waals surface area (Å²) in [5.41, 5.74) is 1.10. The second-order valence-electron chi connectivity index (χ2n) is 5.42. The van der Waals surface area contributed by atoms with Crippen LogP contribution >= 0.6 is 0 Å². The van der Waals surface area contributed by atoms with Crippen molar-refractivity contribution in [2.45, 2.75) is 38.9 Å². The molecule has 1 aromatic carbocycles. The summed E-state index contributed by atoms with van der Waals surface area (Å²) in [6, 6.07) is 5.86. The SMILES string of the molecule is COc1ccc(CNCc2nnc3n2CCCC3)c(OC)c1. The standard InChI is InChI=1S/C16H22N4O2/c1-21-13-7-6-12(14(9-13)22-2)10-17-11-16-19-18-15-5-3-4-8-20(15)16/h6-7,9,17H,3-5,8,10-11H2,1-2H3. The lowest BCUT2D eigenvalue weighted by molar-refractivity contribution is 0.389. The van der Waals surface area contributed by atoms with Crippen LogP contribution in [0.4, 0.5) is 0 Å². The van der Waals surface area contributed by atoms with Crippen LogP contribution < -0.4 is 14.8 Å². The fourth-order valence-electron chi connectivity index (χ4n) is 2.81. The van der Waals surface area contributed by atoms with Crippen molar-refractivity contribution in [2.24, 2.45) is 0 Å². The minimum Gasteiger partial charge on any atom is -0.497 e. The van der Waals surface area contributed by atoms with E-state index >= 15 is 0 Å². The van der Waals surface area contributed by atoms with Gasteiger partial charge in [0.25, 0.3) is 0 Å². The number of hydrogen-bond donors (Lipinski definition) is 1. The highest BCUT2D eigenvalue weighted by molar-refractivity contribution is 5.40. The van der Waals surface area contributed by atoms with E-state index in [1.54, 1.807) is 14.2 Å². The molecular weight excluding hydrogens is 280 g/mol. The van der Waals surface area contributed by atoms with Crippen LogP contribution in [-0.2, 0) is 26.1 Å². The normalized spacial score (nSPS) is 13.7. The van der Waals surface area contributed by atoms with E-state index in [1.807, 2.05) is 18.2 Å². The number of aryl methyl sites for hydroxylation is 1. The number of hydrogen-bond acceptors (Lipinski definition) is 5. The largest absolute Gasteiger partial charge is 0.497 e. The van der Waals surface area contributed by atoms with Gasteiger partial charge in [0.2, 0.25) is 0 Å². The molecule has 6 heteroatoms. The van der Waals surface area contributed by atoms with Gasteiger partial charge in [0.1, 0.15) is 23.1 Å². The van der Waals surface area contributed by atoms with Crippen molar-refractivity contribution in [3.05, 3.63) is 35.4 Å². The Morgan fingerprint density at radius 3 is 2.86 bits per heavy atom. The molecule has 1 N–H and O–H groups in total. The van der Waals surface area contributed by atoms with Gasteiger partial charge in [0, 0.05) is 31.1 Å². The van der Waals surface area contributed by atoms with Gasteiger partial charge in [-0.25, -0.2) is 0 Å². The molecule has 2 heterocycles. The number of aromatic nitrogens is 3. The molecule has 118 valence electrons. The lowest BCUT2D eigenvalue weighted by Gasteiger charge is -2.15. The van der Waals surface area contributed by atoms with Gasteiger partial charge in [-0.2, -0.15) is 0 Å². The van der Waals surface area contributed by atoms with Crippen LogP contribution in [0, 0.1) is 0 Å². The summed E-state index contributed by atoms with van der Waals surface area (Å²) >= 11 is 0. The number of nitrogens with one attached hydrogen (secondary N) is 1. The number of benzene rings is 1. The zero-order valence-electron chi connectivity index (χ0n) is 13.1. The molecule has 0 saturated heterocycles. The molecule has 6 nitrogen and oxygen atoms in total. The molecule has 0 atom stereocenters. The van der Waals surface area contributed by atoms with E-state index < -0.39 is 0 Å². The Morgan fingerprint density at radius 2 is 2.05 bits per heavy atom. The van der Waals surface area contributed by atoms with Crippen molar-refractivity contribution < 1.29 is 9.47 Å². The first-order chi connectivity index (χ1) is 10.8. The molecule has 3 rings (SSSR count). The number of nitrogens with zero attached hydrogens (tertiary/aromatic N) is 3. The first kappa shape index (κ1) is 14.8. The predicted octanol–water partition coefficient (Wildman–Crippen LogP) is 1.92. The third-order valence-corrected chi connectivity index (χ3v) is 4.03. The number of ether oxygens (including phenoxy) is 2. The van der Waals surface area contributed by atoms with E-state index in [0.29, 0.717) is 6.54 Å². The van der Waals surface area contributed by atoms with E-state index in [-0.39, 0.29) is 0 Å². The van der Waals surface area contributed by atoms with Crippen molar-refractivity contribution in [1.82, 2.24) is 20.1 Å². The van der Waals surface area contributed by atoms with Crippen LogP contribution in [0.5, 0.6) is 11.5 Å². The van der Waals surface area contributed by atoms with Gasteiger partial charge in [0.05, 0.1) is 20.8 Å². The van der Waals surface area contributed by atoms with E-state index in [4.69, 9.17) is 9.47 Å². The molecule has 0 bridgehead atoms. The average Bonchev–Trinajstić information content (AvgIpc) is 2.98. The quantitative estimate of drug-likeness (QED) is 0.883. The summed E-state index contributed by atoms with van der Waals surface area (Å²) in [6.45, 7) is 2.46. The molecule has 1 aliphatic rings. The van der Waals surface area contributed by atoms with Gasteiger partial charge in [-0.15, -0.1) is 10.2 Å². The Bertz CT molecular complexity index is 639. The maximum absolute atomic E-state index is 5.41. The summed E-state index contributed by atoms with van der Waals surface area (Å²) in [6.07, 6.45) is 3.47. The average molecular weight is 302 g/mol. The first-order valence-electron chi connectivity index (χ1n) is 7.64. The Hall–Kier alpha value is -2.08. The van der Waals surface area contributed by atoms with Crippen molar-refractivity contribution in [3.8, 4) is 11.5 Å². The number of methoxy groups -OCH3 is 2. The van der Waals surface area contributed by atoms with E-state index in [1.165, 1.54) is 12.8 Å². The molecule has 1 aromatic heterocycles. The van der Waals surface area contributed by atoms with Crippen LogP contribution in [0.15, 0.2) is 18.2 Å². The third-order valence-electron chi connectivity index (χ3n) is 4.03. The van der Waals surface area contributed by atoms with Crippen LogP contribution in [0.25, 0.3) is 0 Å². The summed E-state index contributed by atoms with van der Waals surface area (Å²) in [5.74, 6) is 3.76. The van der Waals surface area contributed by atoms with E-state index in [9.17, 15) is 0 Å². The predicted molar refractivity (Wildman–Crippen MR) is 83.0 cm³/mol. The van der Waals surface area contributed by atoms with Gasteiger partial charge in [-0.1, -0.05) is 6.07 Å². The highest BCUT2D eigenvalue weighted by atomic mass is 16.5. The van der Waals surface area contributed by atoms with Gasteiger partial charge < -0.3 is 19.4 Å². The lowest BCUT2D eigenvalue weighted by Crippen LogP contribution is -2.19. The van der Waals surface area contributed by atoms with Crippen molar-refractivity contribution >= 4 is 0 Å². The topological polar surface area (TPSA) is 61.2 Å². The number of rotatable bonds is 6. The van der Waals surface area contributed by atoms with Crippen molar-refractivity contribution in [3.63, 3.8) is 0 Å².